The van der Waals surface area contributed by atoms with Gasteiger partial charge in [-0.15, -0.1) is 0 Å². The lowest BCUT2D eigenvalue weighted by atomic mass is 10.2. The number of benzene rings is 2. The molecular formula is C19H17ClN4. The molecule has 0 spiro atoms. The maximum absolute atomic E-state index is 6.42. The standard InChI is InChI=1S/C19H17ClN4/c1-3-12(2)24-18(13-8-4-5-9-14(13)20)23-17-19(24)22-16-11-7-6-10-15(16)21-17/h4-12H,3H2,1-2H3/t12-/m1/s1. The van der Waals surface area contributed by atoms with Crippen LogP contribution >= 0.6 is 11.6 Å². The van der Waals surface area contributed by atoms with E-state index in [0.29, 0.717) is 10.7 Å². The van der Waals surface area contributed by atoms with Gasteiger partial charge in [0, 0.05) is 11.6 Å². The Morgan fingerprint density at radius 2 is 1.62 bits per heavy atom. The predicted molar refractivity (Wildman–Crippen MR) is 98.3 cm³/mol. The van der Waals surface area contributed by atoms with Crippen molar-refractivity contribution in [2.24, 2.45) is 0 Å². The third-order valence-electron chi connectivity index (χ3n) is 4.35. The highest BCUT2D eigenvalue weighted by atomic mass is 35.5. The van der Waals surface area contributed by atoms with Crippen LogP contribution in [0.3, 0.4) is 0 Å². The lowest BCUT2D eigenvalue weighted by molar-refractivity contribution is 0.547. The molecule has 0 aliphatic rings. The normalized spacial score (nSPS) is 12.8. The molecule has 1 atom stereocenters. The molecule has 0 bridgehead atoms. The average molecular weight is 337 g/mol. The van der Waals surface area contributed by atoms with Gasteiger partial charge >= 0.3 is 0 Å². The predicted octanol–water partition coefficient (Wildman–Crippen LogP) is 5.27. The number of aromatic nitrogens is 4. The van der Waals surface area contributed by atoms with Crippen molar-refractivity contribution in [1.29, 1.82) is 0 Å². The molecular weight excluding hydrogens is 320 g/mol. The van der Waals surface area contributed by atoms with Gasteiger partial charge in [-0.3, -0.25) is 0 Å². The number of nitrogens with zero attached hydrogens (tertiary/aromatic N) is 4. The minimum atomic E-state index is 0.247. The molecule has 0 aliphatic carbocycles. The summed E-state index contributed by atoms with van der Waals surface area (Å²) in [7, 11) is 0. The fourth-order valence-electron chi connectivity index (χ4n) is 2.91. The number of hydrogen-bond acceptors (Lipinski definition) is 3. The zero-order chi connectivity index (χ0) is 16.7. The third kappa shape index (κ3) is 2.34. The summed E-state index contributed by atoms with van der Waals surface area (Å²) in [5.41, 5.74) is 4.09. The Morgan fingerprint density at radius 3 is 2.33 bits per heavy atom. The zero-order valence-corrected chi connectivity index (χ0v) is 14.3. The van der Waals surface area contributed by atoms with E-state index in [4.69, 9.17) is 26.6 Å². The Bertz CT molecular complexity index is 1040. The number of para-hydroxylation sites is 2. The van der Waals surface area contributed by atoms with Gasteiger partial charge in [0.1, 0.15) is 5.82 Å². The first kappa shape index (κ1) is 15.1. The van der Waals surface area contributed by atoms with Gasteiger partial charge in [0.2, 0.25) is 0 Å². The van der Waals surface area contributed by atoms with E-state index in [1.54, 1.807) is 0 Å². The van der Waals surface area contributed by atoms with Crippen LogP contribution in [0, 0.1) is 0 Å². The second-order valence-corrected chi connectivity index (χ2v) is 6.31. The highest BCUT2D eigenvalue weighted by Crippen LogP contribution is 2.32. The molecule has 0 unspecified atom stereocenters. The van der Waals surface area contributed by atoms with Crippen molar-refractivity contribution in [2.45, 2.75) is 26.3 Å². The monoisotopic (exact) mass is 336 g/mol. The molecule has 2 aromatic carbocycles. The van der Waals surface area contributed by atoms with Gasteiger partial charge in [-0.05, 0) is 37.6 Å². The molecule has 120 valence electrons. The third-order valence-corrected chi connectivity index (χ3v) is 4.68. The van der Waals surface area contributed by atoms with Crippen LogP contribution in [0.4, 0.5) is 0 Å². The molecule has 0 saturated carbocycles. The number of halogens is 1. The summed E-state index contributed by atoms with van der Waals surface area (Å²) in [5.74, 6) is 0.820. The quantitative estimate of drug-likeness (QED) is 0.511. The summed E-state index contributed by atoms with van der Waals surface area (Å²) in [4.78, 5) is 14.3. The van der Waals surface area contributed by atoms with E-state index in [1.807, 2.05) is 48.5 Å². The fraction of sp³-hybridized carbons (Fsp3) is 0.211. The first-order chi connectivity index (χ1) is 11.7. The van der Waals surface area contributed by atoms with Crippen molar-refractivity contribution in [3.63, 3.8) is 0 Å². The van der Waals surface area contributed by atoms with Crippen LogP contribution in [0.2, 0.25) is 5.02 Å². The summed E-state index contributed by atoms with van der Waals surface area (Å²) in [6.07, 6.45) is 0.970. The second kappa shape index (κ2) is 5.87. The molecule has 24 heavy (non-hydrogen) atoms. The van der Waals surface area contributed by atoms with Gasteiger partial charge in [0.25, 0.3) is 0 Å². The van der Waals surface area contributed by atoms with Crippen molar-refractivity contribution >= 4 is 33.9 Å². The van der Waals surface area contributed by atoms with E-state index in [9.17, 15) is 0 Å². The smallest absolute Gasteiger partial charge is 0.198 e. The molecule has 4 aromatic rings. The Morgan fingerprint density at radius 1 is 0.958 bits per heavy atom. The van der Waals surface area contributed by atoms with Gasteiger partial charge < -0.3 is 4.57 Å². The lowest BCUT2D eigenvalue weighted by Crippen LogP contribution is -2.07. The molecule has 4 rings (SSSR count). The Hall–Kier alpha value is -2.46. The van der Waals surface area contributed by atoms with Crippen LogP contribution < -0.4 is 0 Å². The molecule has 0 amide bonds. The molecule has 5 heteroatoms. The Balaban J connectivity index is 2.09. The van der Waals surface area contributed by atoms with Crippen LogP contribution in [0.5, 0.6) is 0 Å². The number of rotatable bonds is 3. The van der Waals surface area contributed by atoms with Crippen LogP contribution in [-0.2, 0) is 0 Å². The SMILES string of the molecule is CC[C@@H](C)n1c(-c2ccccc2Cl)nc2nc3ccccc3nc21. The minimum Gasteiger partial charge on any atom is -0.304 e. The molecule has 4 nitrogen and oxygen atoms in total. The number of hydrogen-bond donors (Lipinski definition) is 0. The maximum atomic E-state index is 6.42. The molecule has 2 aromatic heterocycles. The summed E-state index contributed by atoms with van der Waals surface area (Å²) >= 11 is 6.42. The summed E-state index contributed by atoms with van der Waals surface area (Å²) in [5, 5.41) is 0.682. The van der Waals surface area contributed by atoms with Crippen molar-refractivity contribution in [3.8, 4) is 11.4 Å². The Labute approximate surface area is 145 Å². The minimum absolute atomic E-state index is 0.247. The highest BCUT2D eigenvalue weighted by molar-refractivity contribution is 6.33. The van der Waals surface area contributed by atoms with E-state index in [1.165, 1.54) is 0 Å². The van der Waals surface area contributed by atoms with Crippen LogP contribution in [-0.4, -0.2) is 19.5 Å². The number of fused-ring (bicyclic) bond motifs is 2. The van der Waals surface area contributed by atoms with E-state index in [2.05, 4.69) is 18.4 Å². The topological polar surface area (TPSA) is 43.6 Å². The first-order valence-corrected chi connectivity index (χ1v) is 8.46. The molecule has 0 saturated heterocycles. The van der Waals surface area contributed by atoms with Gasteiger partial charge in [0.15, 0.2) is 11.3 Å². The van der Waals surface area contributed by atoms with Gasteiger partial charge in [-0.2, -0.15) is 0 Å². The summed E-state index contributed by atoms with van der Waals surface area (Å²) < 4.78 is 2.15. The molecule has 0 aliphatic heterocycles. The van der Waals surface area contributed by atoms with Crippen LogP contribution in [0.15, 0.2) is 48.5 Å². The second-order valence-electron chi connectivity index (χ2n) is 5.90. The van der Waals surface area contributed by atoms with Crippen LogP contribution in [0.25, 0.3) is 33.7 Å². The fourth-order valence-corrected chi connectivity index (χ4v) is 3.13. The van der Waals surface area contributed by atoms with E-state index >= 15 is 0 Å². The van der Waals surface area contributed by atoms with Gasteiger partial charge in [-0.1, -0.05) is 42.8 Å². The van der Waals surface area contributed by atoms with Crippen LogP contribution in [0.1, 0.15) is 26.3 Å². The molecule has 0 N–H and O–H groups in total. The van der Waals surface area contributed by atoms with Crippen molar-refractivity contribution in [3.05, 3.63) is 53.6 Å². The largest absolute Gasteiger partial charge is 0.304 e. The van der Waals surface area contributed by atoms with Crippen molar-refractivity contribution in [2.75, 3.05) is 0 Å². The zero-order valence-electron chi connectivity index (χ0n) is 13.6. The lowest BCUT2D eigenvalue weighted by Gasteiger charge is -2.15. The Kier molecular flexibility index (Phi) is 3.69. The van der Waals surface area contributed by atoms with Gasteiger partial charge in [0.05, 0.1) is 16.1 Å². The first-order valence-electron chi connectivity index (χ1n) is 8.08. The molecule has 0 radical (unpaired) electrons. The van der Waals surface area contributed by atoms with Crippen molar-refractivity contribution < 1.29 is 0 Å². The summed E-state index contributed by atoms with van der Waals surface area (Å²) in [6.45, 7) is 4.32. The maximum Gasteiger partial charge on any atom is 0.198 e. The molecule has 0 fully saturated rings. The van der Waals surface area contributed by atoms with E-state index in [0.717, 1.165) is 34.5 Å². The van der Waals surface area contributed by atoms with Gasteiger partial charge in [-0.25, -0.2) is 15.0 Å². The highest BCUT2D eigenvalue weighted by Gasteiger charge is 2.20. The molecule has 2 heterocycles. The number of imidazole rings is 1. The summed E-state index contributed by atoms with van der Waals surface area (Å²) in [6, 6.07) is 15.9. The van der Waals surface area contributed by atoms with E-state index < -0.39 is 0 Å². The van der Waals surface area contributed by atoms with Crippen molar-refractivity contribution in [1.82, 2.24) is 19.5 Å². The van der Waals surface area contributed by atoms with E-state index in [-0.39, 0.29) is 6.04 Å². The average Bonchev–Trinajstić information content (AvgIpc) is 2.97.